The van der Waals surface area contributed by atoms with Crippen molar-refractivity contribution in [1.82, 2.24) is 9.80 Å². The highest BCUT2D eigenvalue weighted by Gasteiger charge is 2.20. The van der Waals surface area contributed by atoms with Crippen molar-refractivity contribution in [3.8, 4) is 5.75 Å². The van der Waals surface area contributed by atoms with E-state index in [2.05, 4.69) is 18.9 Å². The predicted molar refractivity (Wildman–Crippen MR) is 84.9 cm³/mol. The third kappa shape index (κ3) is 4.74. The Morgan fingerprint density at radius 3 is 2.38 bits per heavy atom. The minimum atomic E-state index is 0.126. The zero-order chi connectivity index (χ0) is 15.1. The van der Waals surface area contributed by atoms with Crippen molar-refractivity contribution in [3.05, 3.63) is 29.8 Å². The number of benzene rings is 1. The smallest absolute Gasteiger partial charge is 0.253 e. The van der Waals surface area contributed by atoms with Gasteiger partial charge in [0, 0.05) is 31.7 Å². The van der Waals surface area contributed by atoms with Gasteiger partial charge >= 0.3 is 0 Å². The second-order valence-corrected chi connectivity index (χ2v) is 5.68. The van der Waals surface area contributed by atoms with Gasteiger partial charge in [0.05, 0.1) is 6.61 Å². The molecule has 1 aliphatic heterocycles. The standard InChI is InChI=1S/C17H26N2O2/c1-3-4-5-14-21-16-8-6-15(7-9-16)17(20)19-12-10-18(2)11-13-19/h6-9H,3-5,10-14H2,1-2H3. The fraction of sp³-hybridized carbons (Fsp3) is 0.588. The van der Waals surface area contributed by atoms with Crippen LogP contribution >= 0.6 is 0 Å². The van der Waals surface area contributed by atoms with Crippen LogP contribution in [-0.4, -0.2) is 55.5 Å². The van der Waals surface area contributed by atoms with Crippen molar-refractivity contribution < 1.29 is 9.53 Å². The molecule has 1 heterocycles. The molecule has 1 aromatic rings. The van der Waals surface area contributed by atoms with Gasteiger partial charge in [-0.2, -0.15) is 0 Å². The third-order valence-corrected chi connectivity index (χ3v) is 3.91. The van der Waals surface area contributed by atoms with Crippen LogP contribution in [0, 0.1) is 0 Å². The van der Waals surface area contributed by atoms with E-state index < -0.39 is 0 Å². The summed E-state index contributed by atoms with van der Waals surface area (Å²) < 4.78 is 5.67. The number of nitrogens with zero attached hydrogens (tertiary/aromatic N) is 2. The van der Waals surface area contributed by atoms with Gasteiger partial charge in [0.15, 0.2) is 0 Å². The van der Waals surface area contributed by atoms with Crippen LogP contribution in [0.2, 0.25) is 0 Å². The summed E-state index contributed by atoms with van der Waals surface area (Å²) in [5.74, 6) is 0.974. The number of rotatable bonds is 6. The van der Waals surface area contributed by atoms with Crippen LogP contribution in [0.1, 0.15) is 36.5 Å². The number of unbranched alkanes of at least 4 members (excludes halogenated alkanes) is 2. The van der Waals surface area contributed by atoms with E-state index in [1.165, 1.54) is 12.8 Å². The van der Waals surface area contributed by atoms with Gasteiger partial charge in [0.2, 0.25) is 0 Å². The molecule has 0 aromatic heterocycles. The van der Waals surface area contributed by atoms with Crippen molar-refractivity contribution in [2.45, 2.75) is 26.2 Å². The first-order valence-corrected chi connectivity index (χ1v) is 7.91. The lowest BCUT2D eigenvalue weighted by atomic mass is 10.1. The molecule has 0 aliphatic carbocycles. The monoisotopic (exact) mass is 290 g/mol. The highest BCUT2D eigenvalue weighted by atomic mass is 16.5. The Bertz CT molecular complexity index is 437. The molecule has 21 heavy (non-hydrogen) atoms. The average molecular weight is 290 g/mol. The van der Waals surface area contributed by atoms with Crippen molar-refractivity contribution in [2.75, 3.05) is 39.8 Å². The minimum Gasteiger partial charge on any atom is -0.494 e. The maximum absolute atomic E-state index is 12.4. The van der Waals surface area contributed by atoms with Crippen molar-refractivity contribution in [3.63, 3.8) is 0 Å². The lowest BCUT2D eigenvalue weighted by molar-refractivity contribution is 0.0664. The molecular formula is C17H26N2O2. The van der Waals surface area contributed by atoms with E-state index in [1.807, 2.05) is 29.2 Å². The van der Waals surface area contributed by atoms with Gasteiger partial charge in [-0.15, -0.1) is 0 Å². The van der Waals surface area contributed by atoms with Crippen LogP contribution in [0.25, 0.3) is 0 Å². The van der Waals surface area contributed by atoms with Gasteiger partial charge in [-0.1, -0.05) is 19.8 Å². The predicted octanol–water partition coefficient (Wildman–Crippen LogP) is 2.64. The van der Waals surface area contributed by atoms with Crippen molar-refractivity contribution >= 4 is 5.91 Å². The van der Waals surface area contributed by atoms with E-state index in [0.29, 0.717) is 0 Å². The summed E-state index contributed by atoms with van der Waals surface area (Å²) in [7, 11) is 2.09. The van der Waals surface area contributed by atoms with Gasteiger partial charge in [-0.3, -0.25) is 4.79 Å². The SMILES string of the molecule is CCCCCOc1ccc(C(=O)N2CCN(C)CC2)cc1. The van der Waals surface area contributed by atoms with Gasteiger partial charge in [0.1, 0.15) is 5.75 Å². The van der Waals surface area contributed by atoms with Crippen molar-refractivity contribution in [1.29, 1.82) is 0 Å². The van der Waals surface area contributed by atoms with E-state index in [1.54, 1.807) is 0 Å². The molecule has 1 fully saturated rings. The Labute approximate surface area is 127 Å². The average Bonchev–Trinajstić information content (AvgIpc) is 2.52. The van der Waals surface area contributed by atoms with Crippen molar-refractivity contribution in [2.24, 2.45) is 0 Å². The molecule has 0 bridgehead atoms. The normalized spacial score (nSPS) is 16.0. The molecule has 116 valence electrons. The van der Waals surface area contributed by atoms with E-state index in [0.717, 1.165) is 50.5 Å². The summed E-state index contributed by atoms with van der Waals surface area (Å²) in [5.41, 5.74) is 0.750. The molecule has 1 amide bonds. The molecule has 0 saturated carbocycles. The molecule has 0 N–H and O–H groups in total. The first-order valence-electron chi connectivity index (χ1n) is 7.91. The van der Waals surface area contributed by atoms with E-state index in [4.69, 9.17) is 4.74 Å². The molecule has 4 nitrogen and oxygen atoms in total. The minimum absolute atomic E-state index is 0.126. The first kappa shape index (κ1) is 15.8. The summed E-state index contributed by atoms with van der Waals surface area (Å²) in [4.78, 5) is 16.6. The summed E-state index contributed by atoms with van der Waals surface area (Å²) in [6.07, 6.45) is 3.47. The number of piperazine rings is 1. The Morgan fingerprint density at radius 2 is 1.76 bits per heavy atom. The number of carbonyl (C=O) groups excluding carboxylic acids is 1. The van der Waals surface area contributed by atoms with Crippen LogP contribution in [0.3, 0.4) is 0 Å². The molecule has 1 aromatic carbocycles. The Morgan fingerprint density at radius 1 is 1.10 bits per heavy atom. The largest absolute Gasteiger partial charge is 0.494 e. The third-order valence-electron chi connectivity index (χ3n) is 3.91. The first-order chi connectivity index (χ1) is 10.2. The van der Waals surface area contributed by atoms with Gasteiger partial charge in [-0.05, 0) is 37.7 Å². The lowest BCUT2D eigenvalue weighted by Crippen LogP contribution is -2.47. The van der Waals surface area contributed by atoms with Crippen LogP contribution in [-0.2, 0) is 0 Å². The Balaban J connectivity index is 1.85. The number of carbonyl (C=O) groups is 1. The maximum Gasteiger partial charge on any atom is 0.253 e. The topological polar surface area (TPSA) is 32.8 Å². The molecule has 4 heteroatoms. The number of hydrogen-bond acceptors (Lipinski definition) is 3. The molecule has 0 unspecified atom stereocenters. The van der Waals surface area contributed by atoms with E-state index in [-0.39, 0.29) is 5.91 Å². The van der Waals surface area contributed by atoms with Gasteiger partial charge < -0.3 is 14.5 Å². The van der Waals surface area contributed by atoms with Gasteiger partial charge in [-0.25, -0.2) is 0 Å². The fourth-order valence-corrected chi connectivity index (χ4v) is 2.43. The van der Waals surface area contributed by atoms with Gasteiger partial charge in [0.25, 0.3) is 5.91 Å². The molecule has 2 rings (SSSR count). The lowest BCUT2D eigenvalue weighted by Gasteiger charge is -2.32. The molecule has 0 radical (unpaired) electrons. The zero-order valence-corrected chi connectivity index (χ0v) is 13.2. The maximum atomic E-state index is 12.4. The van der Waals surface area contributed by atoms with Crippen LogP contribution in [0.5, 0.6) is 5.75 Å². The summed E-state index contributed by atoms with van der Waals surface area (Å²) >= 11 is 0. The number of ether oxygens (including phenoxy) is 1. The van der Waals surface area contributed by atoms with Crippen LogP contribution in [0.4, 0.5) is 0 Å². The molecule has 0 atom stereocenters. The zero-order valence-electron chi connectivity index (χ0n) is 13.2. The van der Waals surface area contributed by atoms with E-state index in [9.17, 15) is 4.79 Å². The van der Waals surface area contributed by atoms with Crippen LogP contribution < -0.4 is 4.74 Å². The number of hydrogen-bond donors (Lipinski definition) is 0. The number of likely N-dealkylation sites (N-methyl/N-ethyl adjacent to an activating group) is 1. The highest BCUT2D eigenvalue weighted by molar-refractivity contribution is 5.94. The quantitative estimate of drug-likeness (QED) is 0.755. The second-order valence-electron chi connectivity index (χ2n) is 5.68. The van der Waals surface area contributed by atoms with E-state index >= 15 is 0 Å². The Hall–Kier alpha value is -1.55. The molecule has 1 aliphatic rings. The summed E-state index contributed by atoms with van der Waals surface area (Å²) in [6, 6.07) is 7.54. The Kier molecular flexibility index (Phi) is 6.05. The number of amides is 1. The summed E-state index contributed by atoms with van der Waals surface area (Å²) in [6.45, 7) is 6.45. The fourth-order valence-electron chi connectivity index (χ4n) is 2.43. The molecule has 1 saturated heterocycles. The molecular weight excluding hydrogens is 264 g/mol. The second kappa shape index (κ2) is 8.03. The summed E-state index contributed by atoms with van der Waals surface area (Å²) in [5, 5.41) is 0. The van der Waals surface area contributed by atoms with Crippen LogP contribution in [0.15, 0.2) is 24.3 Å². The highest BCUT2D eigenvalue weighted by Crippen LogP contribution is 2.15. The molecule has 0 spiro atoms.